The molecule has 5 nitrogen and oxygen atoms in total. The van der Waals surface area contributed by atoms with Crippen LogP contribution in [0.15, 0.2) is 53.6 Å². The van der Waals surface area contributed by atoms with Crippen LogP contribution in [0.4, 0.5) is 0 Å². The molecule has 6 heteroatoms. The van der Waals surface area contributed by atoms with E-state index >= 15 is 0 Å². The van der Waals surface area contributed by atoms with Gasteiger partial charge >= 0.3 is 0 Å². The molecule has 2 aromatic carbocycles. The second-order valence-electron chi connectivity index (χ2n) is 5.61. The lowest BCUT2D eigenvalue weighted by Gasteiger charge is -2.04. The van der Waals surface area contributed by atoms with Gasteiger partial charge in [0.25, 0.3) is 5.91 Å². The fourth-order valence-corrected chi connectivity index (χ4v) is 2.72. The molecule has 1 N–H and O–H groups in total. The molecule has 25 heavy (non-hydrogen) atoms. The van der Waals surface area contributed by atoms with Gasteiger partial charge in [0.15, 0.2) is 6.61 Å². The third kappa shape index (κ3) is 3.83. The predicted molar refractivity (Wildman–Crippen MR) is 100 cm³/mol. The van der Waals surface area contributed by atoms with Crippen molar-refractivity contribution in [3.63, 3.8) is 0 Å². The van der Waals surface area contributed by atoms with Gasteiger partial charge in [-0.1, -0.05) is 29.8 Å². The van der Waals surface area contributed by atoms with Crippen LogP contribution in [0.2, 0.25) is 5.02 Å². The molecule has 0 spiro atoms. The first kappa shape index (κ1) is 17.0. The van der Waals surface area contributed by atoms with E-state index in [1.54, 1.807) is 30.5 Å². The molecule has 1 aromatic heterocycles. The molecule has 0 unspecified atom stereocenters. The van der Waals surface area contributed by atoms with E-state index in [0.717, 1.165) is 22.2 Å². The first-order valence-corrected chi connectivity index (χ1v) is 8.18. The maximum atomic E-state index is 11.8. The van der Waals surface area contributed by atoms with Crippen molar-refractivity contribution in [3.05, 3.63) is 64.8 Å². The Morgan fingerprint density at radius 3 is 2.72 bits per heavy atom. The van der Waals surface area contributed by atoms with Crippen molar-refractivity contribution in [1.29, 1.82) is 0 Å². The van der Waals surface area contributed by atoms with Gasteiger partial charge in [0, 0.05) is 34.2 Å². The van der Waals surface area contributed by atoms with Crippen LogP contribution in [0.25, 0.3) is 10.9 Å². The van der Waals surface area contributed by atoms with Crippen molar-refractivity contribution in [3.8, 4) is 5.75 Å². The number of hydrazone groups is 1. The van der Waals surface area contributed by atoms with Gasteiger partial charge in [-0.05, 0) is 37.3 Å². The van der Waals surface area contributed by atoms with E-state index in [4.69, 9.17) is 16.3 Å². The summed E-state index contributed by atoms with van der Waals surface area (Å²) in [5.74, 6) is 0.248. The topological polar surface area (TPSA) is 55.6 Å². The van der Waals surface area contributed by atoms with E-state index in [1.807, 2.05) is 32.2 Å². The molecular weight excluding hydrogens is 338 g/mol. The number of ether oxygens (including phenoxy) is 1. The number of fused-ring (bicyclic) bond motifs is 1. The molecule has 3 aromatic rings. The highest BCUT2D eigenvalue weighted by Gasteiger charge is 2.09. The number of hydrogen-bond acceptors (Lipinski definition) is 3. The molecule has 0 atom stereocenters. The molecule has 0 aliphatic heterocycles. The average Bonchev–Trinajstić information content (AvgIpc) is 2.86. The van der Waals surface area contributed by atoms with Crippen molar-refractivity contribution in [2.45, 2.75) is 6.92 Å². The lowest BCUT2D eigenvalue weighted by Crippen LogP contribution is -2.24. The summed E-state index contributed by atoms with van der Waals surface area (Å²) in [6.07, 6.45) is 1.66. The molecule has 1 amide bonds. The molecule has 3 rings (SSSR count). The number of aromatic nitrogens is 1. The monoisotopic (exact) mass is 355 g/mol. The van der Waals surface area contributed by atoms with Crippen LogP contribution < -0.4 is 10.2 Å². The quantitative estimate of drug-likeness (QED) is 0.561. The van der Waals surface area contributed by atoms with Crippen molar-refractivity contribution >= 4 is 34.6 Å². The summed E-state index contributed by atoms with van der Waals surface area (Å²) in [7, 11) is 2.01. The minimum atomic E-state index is -0.330. The second-order valence-corrected chi connectivity index (χ2v) is 6.05. The zero-order valence-corrected chi connectivity index (χ0v) is 14.7. The van der Waals surface area contributed by atoms with Crippen molar-refractivity contribution in [2.75, 3.05) is 6.61 Å². The number of rotatable bonds is 5. The minimum absolute atomic E-state index is 0.118. The fourth-order valence-electron chi connectivity index (χ4n) is 2.59. The number of hydrogen-bond donors (Lipinski definition) is 1. The Balaban J connectivity index is 1.62. The number of halogens is 1. The molecule has 1 heterocycles. The van der Waals surface area contributed by atoms with Gasteiger partial charge in [0.05, 0.1) is 6.21 Å². The first-order chi connectivity index (χ1) is 12.1. The number of carbonyl (C=O) groups is 1. The van der Waals surface area contributed by atoms with E-state index in [1.165, 1.54) is 0 Å². The summed E-state index contributed by atoms with van der Waals surface area (Å²) in [5.41, 5.74) is 5.67. The van der Waals surface area contributed by atoms with Crippen LogP contribution in [-0.4, -0.2) is 23.3 Å². The lowest BCUT2D eigenvalue weighted by atomic mass is 10.1. The van der Waals surface area contributed by atoms with Crippen LogP contribution in [-0.2, 0) is 11.8 Å². The molecule has 0 radical (unpaired) electrons. The number of nitrogens with one attached hydrogen (secondary N) is 1. The highest BCUT2D eigenvalue weighted by molar-refractivity contribution is 6.30. The van der Waals surface area contributed by atoms with Crippen LogP contribution in [0.3, 0.4) is 0 Å². The number of nitrogens with zero attached hydrogens (tertiary/aromatic N) is 2. The number of aryl methyl sites for hydroxylation is 1. The lowest BCUT2D eigenvalue weighted by molar-refractivity contribution is -0.123. The molecule has 0 aliphatic carbocycles. The smallest absolute Gasteiger partial charge is 0.277 e. The summed E-state index contributed by atoms with van der Waals surface area (Å²) < 4.78 is 7.47. The molecule has 0 saturated carbocycles. The zero-order valence-electron chi connectivity index (χ0n) is 14.0. The largest absolute Gasteiger partial charge is 0.484 e. The summed E-state index contributed by atoms with van der Waals surface area (Å²) in [4.78, 5) is 11.8. The van der Waals surface area contributed by atoms with Gasteiger partial charge in [0.1, 0.15) is 5.75 Å². The minimum Gasteiger partial charge on any atom is -0.484 e. The highest BCUT2D eigenvalue weighted by Crippen LogP contribution is 2.23. The second kappa shape index (κ2) is 7.40. The zero-order chi connectivity index (χ0) is 17.8. The Labute approximate surface area is 150 Å². The Morgan fingerprint density at radius 2 is 1.96 bits per heavy atom. The van der Waals surface area contributed by atoms with E-state index in [-0.39, 0.29) is 12.5 Å². The number of carbonyl (C=O) groups excluding carboxylic acids is 1. The SMILES string of the molecule is Cc1c(C=NNC(=O)COc2ccc(Cl)cc2)c2ccccc2n1C. The predicted octanol–water partition coefficient (Wildman–Crippen LogP) is 3.67. The Morgan fingerprint density at radius 1 is 1.24 bits per heavy atom. The van der Waals surface area contributed by atoms with E-state index in [2.05, 4.69) is 21.2 Å². The standard InChI is InChI=1S/C19H18ClN3O2/c1-13-17(16-5-3-4-6-18(16)23(13)2)11-21-22-19(24)12-25-15-9-7-14(20)8-10-15/h3-11H,12H2,1-2H3,(H,22,24). The number of amides is 1. The van der Waals surface area contributed by atoms with Crippen LogP contribution in [0, 0.1) is 6.92 Å². The molecule has 0 saturated heterocycles. The molecule has 0 aliphatic rings. The van der Waals surface area contributed by atoms with Crippen molar-refractivity contribution in [2.24, 2.45) is 12.1 Å². The van der Waals surface area contributed by atoms with E-state index < -0.39 is 0 Å². The summed E-state index contributed by atoms with van der Waals surface area (Å²) in [6.45, 7) is 1.90. The van der Waals surface area contributed by atoms with E-state index in [0.29, 0.717) is 10.8 Å². The Kier molecular flexibility index (Phi) is 5.05. The number of para-hydroxylation sites is 1. The van der Waals surface area contributed by atoms with Gasteiger partial charge in [-0.2, -0.15) is 5.10 Å². The van der Waals surface area contributed by atoms with Gasteiger partial charge in [-0.3, -0.25) is 4.79 Å². The normalized spacial score (nSPS) is 11.2. The fraction of sp³-hybridized carbons (Fsp3) is 0.158. The maximum absolute atomic E-state index is 11.8. The summed E-state index contributed by atoms with van der Waals surface area (Å²) >= 11 is 5.80. The summed E-state index contributed by atoms with van der Waals surface area (Å²) in [6, 6.07) is 14.9. The highest BCUT2D eigenvalue weighted by atomic mass is 35.5. The Hall–Kier alpha value is -2.79. The summed E-state index contributed by atoms with van der Waals surface area (Å²) in [5, 5.41) is 5.77. The third-order valence-electron chi connectivity index (χ3n) is 4.01. The van der Waals surface area contributed by atoms with Crippen LogP contribution in [0.1, 0.15) is 11.3 Å². The van der Waals surface area contributed by atoms with Crippen molar-refractivity contribution in [1.82, 2.24) is 9.99 Å². The van der Waals surface area contributed by atoms with Gasteiger partial charge < -0.3 is 9.30 Å². The average molecular weight is 356 g/mol. The van der Waals surface area contributed by atoms with Crippen LogP contribution in [0.5, 0.6) is 5.75 Å². The molecule has 0 bridgehead atoms. The van der Waals surface area contributed by atoms with E-state index in [9.17, 15) is 4.79 Å². The van der Waals surface area contributed by atoms with Gasteiger partial charge in [-0.25, -0.2) is 5.43 Å². The maximum Gasteiger partial charge on any atom is 0.277 e. The third-order valence-corrected chi connectivity index (χ3v) is 4.27. The number of benzene rings is 2. The Bertz CT molecular complexity index is 930. The van der Waals surface area contributed by atoms with Gasteiger partial charge in [-0.15, -0.1) is 0 Å². The van der Waals surface area contributed by atoms with Crippen molar-refractivity contribution < 1.29 is 9.53 Å². The first-order valence-electron chi connectivity index (χ1n) is 7.80. The van der Waals surface area contributed by atoms with Crippen LogP contribution >= 0.6 is 11.6 Å². The molecule has 0 fully saturated rings. The molecular formula is C19H18ClN3O2. The molecule has 128 valence electrons. The van der Waals surface area contributed by atoms with Gasteiger partial charge in [0.2, 0.25) is 0 Å².